The first-order valence-corrected chi connectivity index (χ1v) is 11.5. The van der Waals surface area contributed by atoms with Crippen LogP contribution < -0.4 is 9.80 Å². The van der Waals surface area contributed by atoms with E-state index in [-0.39, 0.29) is 0 Å². The van der Waals surface area contributed by atoms with E-state index in [0.29, 0.717) is 5.56 Å². The number of nitriles is 1. The first-order valence-electron chi connectivity index (χ1n) is 11.5. The third kappa shape index (κ3) is 5.31. The van der Waals surface area contributed by atoms with E-state index in [1.165, 1.54) is 10.6 Å². The summed E-state index contributed by atoms with van der Waals surface area (Å²) in [5.74, 6) is 0. The summed E-state index contributed by atoms with van der Waals surface area (Å²) in [6.45, 7) is 0. The summed E-state index contributed by atoms with van der Waals surface area (Å²) >= 11 is 0. The van der Waals surface area contributed by atoms with Crippen molar-refractivity contribution in [1.29, 1.82) is 5.26 Å². The minimum Gasteiger partial charge on any atom is -0.378 e. The van der Waals surface area contributed by atoms with Crippen molar-refractivity contribution in [3.8, 4) is 31.0 Å². The van der Waals surface area contributed by atoms with Crippen LogP contribution in [0.4, 0.5) is 11.4 Å². The second-order valence-corrected chi connectivity index (χ2v) is 8.46. The maximum Gasteiger partial charge on any atom is 0.100 e. The van der Waals surface area contributed by atoms with E-state index in [1.807, 2.05) is 68.7 Å². The molecule has 172 valence electrons. The Hall–Kier alpha value is -5.17. The van der Waals surface area contributed by atoms with Gasteiger partial charge < -0.3 is 4.90 Å². The maximum absolute atomic E-state index is 9.90. The van der Waals surface area contributed by atoms with Crippen molar-refractivity contribution in [2.75, 3.05) is 23.9 Å². The lowest BCUT2D eigenvalue weighted by Gasteiger charge is -2.11. The van der Waals surface area contributed by atoms with Crippen LogP contribution in [-0.4, -0.2) is 14.1 Å². The predicted octanol–water partition coefficient (Wildman–Crippen LogP) is 7.11. The minimum atomic E-state index is 0.654. The molecule has 0 N–H and O–H groups in total. The Morgan fingerprint density at radius 3 is 1.81 bits per heavy atom. The van der Waals surface area contributed by atoms with Crippen LogP contribution in [0.15, 0.2) is 78.9 Å². The normalized spacial score (nSPS) is 10.8. The molecule has 0 aromatic heterocycles. The van der Waals surface area contributed by atoms with Gasteiger partial charge >= 0.3 is 0 Å². The Morgan fingerprint density at radius 2 is 1.22 bits per heavy atom. The molecule has 3 heteroatoms. The van der Waals surface area contributed by atoms with Crippen LogP contribution in [0.3, 0.4) is 0 Å². The zero-order chi connectivity index (χ0) is 25.5. The summed E-state index contributed by atoms with van der Waals surface area (Å²) in [5, 5.41) is 11.9. The van der Waals surface area contributed by atoms with Crippen molar-refractivity contribution in [2.24, 2.45) is 0 Å². The van der Waals surface area contributed by atoms with Gasteiger partial charge in [-0.15, -0.1) is 0 Å². The standard InChI is InChI=1S/C33H25N3/c1-5-36(6-2)31-20-12-26(13-21-31)9-15-28-16-17-29-23-27(14-22-32(29)33(28)24-34)8-7-25-10-18-30(19-11-25)35(3)4/h1-2,7-23H,3-4H3/b8-7+,15-9+. The van der Waals surface area contributed by atoms with Gasteiger partial charge in [-0.3, -0.25) is 0 Å². The Kier molecular flexibility index (Phi) is 7.22. The lowest BCUT2D eigenvalue weighted by atomic mass is 9.97. The van der Waals surface area contributed by atoms with Gasteiger partial charge in [-0.05, 0) is 58.0 Å². The topological polar surface area (TPSA) is 30.3 Å². The summed E-state index contributed by atoms with van der Waals surface area (Å²) in [6.07, 6.45) is 19.0. The fourth-order valence-electron chi connectivity index (χ4n) is 3.92. The number of benzene rings is 4. The van der Waals surface area contributed by atoms with Gasteiger partial charge in [-0.25, -0.2) is 4.90 Å². The largest absolute Gasteiger partial charge is 0.378 e. The van der Waals surface area contributed by atoms with Gasteiger partial charge in [0, 0.05) is 37.3 Å². The zero-order valence-corrected chi connectivity index (χ0v) is 20.3. The monoisotopic (exact) mass is 463 g/mol. The van der Waals surface area contributed by atoms with E-state index < -0.39 is 0 Å². The summed E-state index contributed by atoms with van der Waals surface area (Å²) in [5.41, 5.74) is 6.65. The van der Waals surface area contributed by atoms with Crippen LogP contribution >= 0.6 is 0 Å². The third-order valence-electron chi connectivity index (χ3n) is 5.93. The van der Waals surface area contributed by atoms with Gasteiger partial charge in [-0.2, -0.15) is 5.26 Å². The predicted molar refractivity (Wildman–Crippen MR) is 154 cm³/mol. The van der Waals surface area contributed by atoms with Crippen molar-refractivity contribution in [3.05, 3.63) is 107 Å². The zero-order valence-electron chi connectivity index (χ0n) is 20.3. The molecular formula is C33H25N3. The van der Waals surface area contributed by atoms with Crippen LogP contribution in [0.2, 0.25) is 0 Å². The minimum absolute atomic E-state index is 0.654. The van der Waals surface area contributed by atoms with E-state index in [2.05, 4.69) is 71.6 Å². The van der Waals surface area contributed by atoms with Gasteiger partial charge in [0.1, 0.15) is 6.07 Å². The fourth-order valence-corrected chi connectivity index (χ4v) is 3.92. The van der Waals surface area contributed by atoms with Crippen molar-refractivity contribution >= 4 is 46.5 Å². The fraction of sp³-hybridized carbons (Fsp3) is 0.0606. The van der Waals surface area contributed by atoms with Crippen molar-refractivity contribution in [3.63, 3.8) is 0 Å². The summed E-state index contributed by atoms with van der Waals surface area (Å²) in [4.78, 5) is 3.46. The molecule has 0 unspecified atom stereocenters. The lowest BCUT2D eigenvalue weighted by Crippen LogP contribution is -2.07. The van der Waals surface area contributed by atoms with Gasteiger partial charge in [0.15, 0.2) is 0 Å². The Balaban J connectivity index is 1.56. The molecule has 4 aromatic carbocycles. The molecule has 0 atom stereocenters. The van der Waals surface area contributed by atoms with Crippen molar-refractivity contribution < 1.29 is 0 Å². The van der Waals surface area contributed by atoms with E-state index in [1.54, 1.807) is 0 Å². The molecule has 4 rings (SSSR count). The molecule has 0 aliphatic heterocycles. The van der Waals surface area contributed by atoms with Crippen LogP contribution in [-0.2, 0) is 0 Å². The first-order chi connectivity index (χ1) is 17.5. The number of nitrogens with zero attached hydrogens (tertiary/aromatic N) is 3. The highest BCUT2D eigenvalue weighted by Gasteiger charge is 2.06. The highest BCUT2D eigenvalue weighted by Crippen LogP contribution is 2.26. The van der Waals surface area contributed by atoms with Crippen molar-refractivity contribution in [1.82, 2.24) is 0 Å². The third-order valence-corrected chi connectivity index (χ3v) is 5.93. The van der Waals surface area contributed by atoms with E-state index >= 15 is 0 Å². The number of terminal acetylenes is 2. The number of hydrogen-bond donors (Lipinski definition) is 0. The number of rotatable bonds is 6. The van der Waals surface area contributed by atoms with Crippen LogP contribution in [0.5, 0.6) is 0 Å². The summed E-state index contributed by atoms with van der Waals surface area (Å²) in [7, 11) is 4.06. The Bertz CT molecular complexity index is 1550. The molecular weight excluding hydrogens is 438 g/mol. The number of anilines is 2. The molecule has 0 heterocycles. The molecule has 0 aliphatic carbocycles. The number of fused-ring (bicyclic) bond motifs is 1. The van der Waals surface area contributed by atoms with E-state index in [9.17, 15) is 5.26 Å². The molecule has 0 saturated carbocycles. The second-order valence-electron chi connectivity index (χ2n) is 8.46. The van der Waals surface area contributed by atoms with Crippen LogP contribution in [0.1, 0.15) is 27.8 Å². The Labute approximate surface area is 213 Å². The van der Waals surface area contributed by atoms with Gasteiger partial charge in [0.2, 0.25) is 0 Å². The van der Waals surface area contributed by atoms with Crippen LogP contribution in [0, 0.1) is 36.3 Å². The van der Waals surface area contributed by atoms with E-state index in [4.69, 9.17) is 12.8 Å². The molecule has 36 heavy (non-hydrogen) atoms. The molecule has 0 bridgehead atoms. The number of hydrogen-bond acceptors (Lipinski definition) is 3. The molecule has 0 radical (unpaired) electrons. The molecule has 0 spiro atoms. The highest BCUT2D eigenvalue weighted by molar-refractivity contribution is 5.94. The van der Waals surface area contributed by atoms with Gasteiger partial charge in [0.05, 0.1) is 11.3 Å². The van der Waals surface area contributed by atoms with Crippen LogP contribution in [0.25, 0.3) is 35.1 Å². The quantitative estimate of drug-likeness (QED) is 0.173. The molecule has 0 amide bonds. The van der Waals surface area contributed by atoms with Gasteiger partial charge in [-0.1, -0.05) is 85.7 Å². The second kappa shape index (κ2) is 10.8. The summed E-state index contributed by atoms with van der Waals surface area (Å²) < 4.78 is 0. The lowest BCUT2D eigenvalue weighted by molar-refractivity contribution is 1.13. The van der Waals surface area contributed by atoms with E-state index in [0.717, 1.165) is 38.7 Å². The Morgan fingerprint density at radius 1 is 0.667 bits per heavy atom. The average Bonchev–Trinajstić information content (AvgIpc) is 2.91. The highest BCUT2D eigenvalue weighted by atomic mass is 15.1. The maximum atomic E-state index is 9.90. The average molecular weight is 464 g/mol. The smallest absolute Gasteiger partial charge is 0.100 e. The SMILES string of the molecule is C#CN(C#C)c1ccc(/C=C/c2ccc3cc(/C=C/c4ccc(N(C)C)cc4)ccc3c2C#N)cc1. The molecule has 3 nitrogen and oxygen atoms in total. The van der Waals surface area contributed by atoms with Crippen molar-refractivity contribution in [2.45, 2.75) is 0 Å². The molecule has 0 saturated heterocycles. The van der Waals surface area contributed by atoms with Gasteiger partial charge in [0.25, 0.3) is 0 Å². The molecule has 0 fully saturated rings. The first kappa shape index (κ1) is 24.0. The molecule has 4 aromatic rings. The summed E-state index contributed by atoms with van der Waals surface area (Å²) in [6, 6.07) is 33.5. The molecule has 0 aliphatic rings.